The highest BCUT2D eigenvalue weighted by atomic mass is 15.1. The van der Waals surface area contributed by atoms with Gasteiger partial charge in [-0.05, 0) is 51.0 Å². The van der Waals surface area contributed by atoms with Crippen LogP contribution >= 0.6 is 0 Å². The number of nitrogens with zero attached hydrogens (tertiary/aromatic N) is 3. The van der Waals surface area contributed by atoms with Gasteiger partial charge < -0.3 is 10.2 Å². The van der Waals surface area contributed by atoms with Crippen LogP contribution < -0.4 is 5.32 Å². The molecule has 0 aliphatic heterocycles. The minimum Gasteiger partial charge on any atom is -0.369 e. The topological polar surface area (TPSA) is 41.1 Å². The van der Waals surface area contributed by atoms with Crippen LogP contribution in [0, 0.1) is 17.8 Å². The first-order chi connectivity index (χ1) is 9.74. The molecule has 0 amide bonds. The highest BCUT2D eigenvalue weighted by Crippen LogP contribution is 2.48. The molecule has 3 unspecified atom stereocenters. The standard InChI is InChI=1S/C16H26N4/c1-3-17-16-9-18-15(8-19-16)11-20(2)10-14-7-12-4-5-13(14)6-12/h8-9,12-14H,3-7,10-11H2,1-2H3,(H,17,19). The molecule has 2 aliphatic rings. The first-order valence-corrected chi connectivity index (χ1v) is 7.98. The first-order valence-electron chi connectivity index (χ1n) is 7.98. The van der Waals surface area contributed by atoms with E-state index in [4.69, 9.17) is 0 Å². The third-order valence-corrected chi connectivity index (χ3v) is 4.93. The normalized spacial score (nSPS) is 28.2. The van der Waals surface area contributed by atoms with E-state index in [1.807, 2.05) is 12.4 Å². The molecule has 2 aliphatic carbocycles. The number of rotatable bonds is 6. The maximum absolute atomic E-state index is 4.49. The van der Waals surface area contributed by atoms with Crippen LogP contribution in [-0.2, 0) is 6.54 Å². The summed E-state index contributed by atoms with van der Waals surface area (Å²) in [5.74, 6) is 3.84. The Balaban J connectivity index is 1.49. The summed E-state index contributed by atoms with van der Waals surface area (Å²) in [6.07, 6.45) is 9.65. The summed E-state index contributed by atoms with van der Waals surface area (Å²) in [5.41, 5.74) is 1.07. The highest BCUT2D eigenvalue weighted by molar-refractivity contribution is 5.30. The minimum absolute atomic E-state index is 0.868. The molecule has 0 aromatic carbocycles. The van der Waals surface area contributed by atoms with Crippen molar-refractivity contribution in [1.29, 1.82) is 0 Å². The van der Waals surface area contributed by atoms with Crippen molar-refractivity contribution in [2.75, 3.05) is 25.5 Å². The second-order valence-electron chi connectivity index (χ2n) is 6.55. The van der Waals surface area contributed by atoms with E-state index in [-0.39, 0.29) is 0 Å². The van der Waals surface area contributed by atoms with E-state index in [1.54, 1.807) is 0 Å². The van der Waals surface area contributed by atoms with E-state index in [1.165, 1.54) is 32.2 Å². The van der Waals surface area contributed by atoms with Crippen molar-refractivity contribution in [3.8, 4) is 0 Å². The predicted octanol–water partition coefficient (Wildman–Crippen LogP) is 2.78. The Morgan fingerprint density at radius 1 is 1.25 bits per heavy atom. The van der Waals surface area contributed by atoms with Crippen LogP contribution in [0.25, 0.3) is 0 Å². The van der Waals surface area contributed by atoms with E-state index >= 15 is 0 Å². The molecule has 2 saturated carbocycles. The molecule has 1 heterocycles. The Bertz CT molecular complexity index is 431. The van der Waals surface area contributed by atoms with Crippen molar-refractivity contribution in [1.82, 2.24) is 14.9 Å². The van der Waals surface area contributed by atoms with Gasteiger partial charge in [0, 0.05) is 19.6 Å². The lowest BCUT2D eigenvalue weighted by Crippen LogP contribution is -2.28. The van der Waals surface area contributed by atoms with Gasteiger partial charge in [0.2, 0.25) is 0 Å². The van der Waals surface area contributed by atoms with E-state index in [0.29, 0.717) is 0 Å². The van der Waals surface area contributed by atoms with Crippen LogP contribution in [0.3, 0.4) is 0 Å². The number of nitrogens with one attached hydrogen (secondary N) is 1. The van der Waals surface area contributed by atoms with Gasteiger partial charge in [-0.25, -0.2) is 4.98 Å². The zero-order valence-electron chi connectivity index (χ0n) is 12.7. The largest absolute Gasteiger partial charge is 0.369 e. The lowest BCUT2D eigenvalue weighted by Gasteiger charge is -2.26. The van der Waals surface area contributed by atoms with Crippen LogP contribution in [0.4, 0.5) is 5.82 Å². The molecular weight excluding hydrogens is 248 g/mol. The van der Waals surface area contributed by atoms with Crippen molar-refractivity contribution in [3.63, 3.8) is 0 Å². The smallest absolute Gasteiger partial charge is 0.144 e. The maximum Gasteiger partial charge on any atom is 0.144 e. The van der Waals surface area contributed by atoms with Gasteiger partial charge in [-0.3, -0.25) is 4.98 Å². The summed E-state index contributed by atoms with van der Waals surface area (Å²) in [6.45, 7) is 5.09. The molecule has 0 radical (unpaired) electrons. The summed E-state index contributed by atoms with van der Waals surface area (Å²) in [5, 5.41) is 3.18. The zero-order chi connectivity index (χ0) is 13.9. The second-order valence-corrected chi connectivity index (χ2v) is 6.55. The molecule has 0 saturated heterocycles. The van der Waals surface area contributed by atoms with Gasteiger partial charge in [0.1, 0.15) is 5.82 Å². The first kappa shape index (κ1) is 13.8. The van der Waals surface area contributed by atoms with E-state index in [9.17, 15) is 0 Å². The van der Waals surface area contributed by atoms with Gasteiger partial charge in [-0.1, -0.05) is 6.42 Å². The monoisotopic (exact) mass is 274 g/mol. The maximum atomic E-state index is 4.49. The molecule has 1 N–H and O–H groups in total. The molecular formula is C16H26N4. The molecule has 2 bridgehead atoms. The summed E-state index contributed by atoms with van der Waals surface area (Å²) in [7, 11) is 2.21. The Morgan fingerprint density at radius 3 is 2.75 bits per heavy atom. The average molecular weight is 274 g/mol. The molecule has 1 aromatic rings. The fraction of sp³-hybridized carbons (Fsp3) is 0.750. The second kappa shape index (κ2) is 6.08. The van der Waals surface area contributed by atoms with Crippen LogP contribution in [0.5, 0.6) is 0 Å². The van der Waals surface area contributed by atoms with Crippen LogP contribution in [-0.4, -0.2) is 35.0 Å². The molecule has 3 rings (SSSR count). The summed E-state index contributed by atoms with van der Waals surface area (Å²) in [6, 6.07) is 0. The molecule has 1 aromatic heterocycles. The molecule has 4 nitrogen and oxygen atoms in total. The Morgan fingerprint density at radius 2 is 2.15 bits per heavy atom. The minimum atomic E-state index is 0.868. The number of hydrogen-bond donors (Lipinski definition) is 1. The van der Waals surface area contributed by atoms with Crippen molar-refractivity contribution >= 4 is 5.82 Å². The lowest BCUT2D eigenvalue weighted by molar-refractivity contribution is 0.213. The Labute approximate surface area is 122 Å². The molecule has 110 valence electrons. The molecule has 20 heavy (non-hydrogen) atoms. The van der Waals surface area contributed by atoms with Gasteiger partial charge in [-0.2, -0.15) is 0 Å². The fourth-order valence-corrected chi connectivity index (χ4v) is 4.05. The molecule has 2 fully saturated rings. The van der Waals surface area contributed by atoms with Crippen LogP contribution in [0.2, 0.25) is 0 Å². The number of anilines is 1. The van der Waals surface area contributed by atoms with Gasteiger partial charge in [0.25, 0.3) is 0 Å². The number of fused-ring (bicyclic) bond motifs is 2. The van der Waals surface area contributed by atoms with E-state index in [2.05, 4.69) is 34.2 Å². The van der Waals surface area contributed by atoms with Crippen molar-refractivity contribution in [2.45, 2.75) is 39.2 Å². The average Bonchev–Trinajstić information content (AvgIpc) is 3.03. The van der Waals surface area contributed by atoms with Gasteiger partial charge >= 0.3 is 0 Å². The predicted molar refractivity (Wildman–Crippen MR) is 81.5 cm³/mol. The molecule has 4 heteroatoms. The lowest BCUT2D eigenvalue weighted by atomic mass is 9.88. The molecule has 0 spiro atoms. The quantitative estimate of drug-likeness (QED) is 0.866. The zero-order valence-corrected chi connectivity index (χ0v) is 12.7. The van der Waals surface area contributed by atoms with Crippen LogP contribution in [0.1, 0.15) is 38.3 Å². The van der Waals surface area contributed by atoms with Gasteiger partial charge in [-0.15, -0.1) is 0 Å². The van der Waals surface area contributed by atoms with Crippen molar-refractivity contribution in [3.05, 3.63) is 18.1 Å². The molecule has 3 atom stereocenters. The summed E-state index contributed by atoms with van der Waals surface area (Å²) in [4.78, 5) is 11.3. The Hall–Kier alpha value is -1.16. The highest BCUT2D eigenvalue weighted by Gasteiger charge is 2.39. The summed E-state index contributed by atoms with van der Waals surface area (Å²) < 4.78 is 0. The van der Waals surface area contributed by atoms with Gasteiger partial charge in [0.05, 0.1) is 18.1 Å². The van der Waals surface area contributed by atoms with Crippen LogP contribution in [0.15, 0.2) is 12.4 Å². The number of hydrogen-bond acceptors (Lipinski definition) is 4. The van der Waals surface area contributed by atoms with Gasteiger partial charge in [0.15, 0.2) is 0 Å². The van der Waals surface area contributed by atoms with Crippen molar-refractivity contribution in [2.24, 2.45) is 17.8 Å². The number of aromatic nitrogens is 2. The fourth-order valence-electron chi connectivity index (χ4n) is 4.05. The Kier molecular flexibility index (Phi) is 4.20. The van der Waals surface area contributed by atoms with E-state index < -0.39 is 0 Å². The summed E-state index contributed by atoms with van der Waals surface area (Å²) >= 11 is 0. The third kappa shape index (κ3) is 3.11. The third-order valence-electron chi connectivity index (χ3n) is 4.93. The SMILES string of the molecule is CCNc1cnc(CN(C)CC2CC3CCC2C3)cn1. The van der Waals surface area contributed by atoms with Crippen molar-refractivity contribution < 1.29 is 0 Å². The van der Waals surface area contributed by atoms with E-state index in [0.717, 1.165) is 42.4 Å².